The molecule has 1 aliphatic heterocycles. The van der Waals surface area contributed by atoms with Crippen LogP contribution in [0.5, 0.6) is 11.5 Å². The Balaban J connectivity index is 1.89. The van der Waals surface area contributed by atoms with Crippen LogP contribution in [-0.4, -0.2) is 17.5 Å². The van der Waals surface area contributed by atoms with Gasteiger partial charge in [0.25, 0.3) is 0 Å². The number of fused-ring (bicyclic) bond motifs is 1. The molecule has 0 radical (unpaired) electrons. The molecule has 5 heteroatoms. The number of Topliss-reactive ketones (excluding diaryl/α,β-unsaturated/α-hetero) is 1. The summed E-state index contributed by atoms with van der Waals surface area (Å²) in [6.07, 6.45) is 0. The Labute approximate surface area is 125 Å². The molecular formula is C16H12ClFO3. The Morgan fingerprint density at radius 1 is 1.24 bits per heavy atom. The van der Waals surface area contributed by atoms with Crippen molar-refractivity contribution < 1.29 is 19.0 Å². The van der Waals surface area contributed by atoms with Crippen LogP contribution in [-0.2, 0) is 0 Å². The van der Waals surface area contributed by atoms with Crippen molar-refractivity contribution in [1.29, 1.82) is 0 Å². The molecule has 21 heavy (non-hydrogen) atoms. The fourth-order valence-corrected chi connectivity index (χ4v) is 2.76. The summed E-state index contributed by atoms with van der Waals surface area (Å²) in [5.74, 6) is -0.559. The van der Waals surface area contributed by atoms with Crippen molar-refractivity contribution in [3.63, 3.8) is 0 Å². The number of rotatable bonds is 2. The number of hydrogen-bond acceptors (Lipinski definition) is 3. The van der Waals surface area contributed by atoms with E-state index in [1.165, 1.54) is 36.4 Å². The van der Waals surface area contributed by atoms with Gasteiger partial charge in [-0.05, 0) is 30.3 Å². The van der Waals surface area contributed by atoms with Gasteiger partial charge in [0.1, 0.15) is 23.9 Å². The third-order valence-electron chi connectivity index (χ3n) is 3.53. The van der Waals surface area contributed by atoms with E-state index in [1.807, 2.05) is 0 Å². The number of hydrogen-bond donors (Lipinski definition) is 1. The molecule has 3 nitrogen and oxygen atoms in total. The summed E-state index contributed by atoms with van der Waals surface area (Å²) in [5, 5.41) is 8.88. The Morgan fingerprint density at radius 3 is 2.67 bits per heavy atom. The zero-order chi connectivity index (χ0) is 15.0. The molecule has 0 saturated carbocycles. The molecule has 1 aliphatic rings. The van der Waals surface area contributed by atoms with Crippen LogP contribution in [0.1, 0.15) is 21.3 Å². The zero-order valence-electron chi connectivity index (χ0n) is 10.9. The van der Waals surface area contributed by atoms with E-state index < -0.39 is 17.1 Å². The Bertz CT molecular complexity index is 684. The number of ketones is 1. The van der Waals surface area contributed by atoms with Crippen LogP contribution >= 0.6 is 11.6 Å². The lowest BCUT2D eigenvalue weighted by atomic mass is 9.89. The topological polar surface area (TPSA) is 46.5 Å². The highest BCUT2D eigenvalue weighted by molar-refractivity contribution is 6.23. The van der Waals surface area contributed by atoms with Gasteiger partial charge >= 0.3 is 0 Å². The third kappa shape index (κ3) is 2.59. The summed E-state index contributed by atoms with van der Waals surface area (Å²) in [7, 11) is 0. The second-order valence-electron chi connectivity index (χ2n) is 4.91. The highest BCUT2D eigenvalue weighted by Crippen LogP contribution is 2.42. The van der Waals surface area contributed by atoms with Crippen LogP contribution in [0.3, 0.4) is 0 Å². The van der Waals surface area contributed by atoms with Crippen molar-refractivity contribution in [3.8, 4) is 11.5 Å². The molecule has 2 atom stereocenters. The van der Waals surface area contributed by atoms with Gasteiger partial charge in [0.05, 0.1) is 11.3 Å². The van der Waals surface area contributed by atoms with Crippen molar-refractivity contribution in [2.75, 3.05) is 6.61 Å². The smallest absolute Gasteiger partial charge is 0.171 e. The molecule has 0 amide bonds. The van der Waals surface area contributed by atoms with Crippen molar-refractivity contribution >= 4 is 17.4 Å². The minimum Gasteiger partial charge on any atom is -0.508 e. The summed E-state index contributed by atoms with van der Waals surface area (Å²) in [5.41, 5.74) is 1.07. The maximum Gasteiger partial charge on any atom is 0.171 e. The predicted molar refractivity (Wildman–Crippen MR) is 76.4 cm³/mol. The van der Waals surface area contributed by atoms with Gasteiger partial charge in [-0.3, -0.25) is 4.79 Å². The molecule has 1 N–H and O–H groups in total. The molecule has 108 valence electrons. The number of phenolic OH excluding ortho intramolecular Hbond substituents is 1. The average Bonchev–Trinajstić information content (AvgIpc) is 2.47. The first-order valence-electron chi connectivity index (χ1n) is 6.46. The number of carbonyl (C=O) groups is 1. The summed E-state index contributed by atoms with van der Waals surface area (Å²) in [6.45, 7) is 0.126. The minimum atomic E-state index is -0.549. The van der Waals surface area contributed by atoms with Crippen molar-refractivity contribution in [1.82, 2.24) is 0 Å². The van der Waals surface area contributed by atoms with E-state index >= 15 is 0 Å². The number of phenols is 1. The minimum absolute atomic E-state index is 0.0842. The highest BCUT2D eigenvalue weighted by Gasteiger charge is 2.35. The van der Waals surface area contributed by atoms with Crippen molar-refractivity contribution in [2.24, 2.45) is 5.92 Å². The van der Waals surface area contributed by atoms with E-state index in [0.29, 0.717) is 16.9 Å². The summed E-state index contributed by atoms with van der Waals surface area (Å²) < 4.78 is 18.4. The van der Waals surface area contributed by atoms with Gasteiger partial charge in [-0.15, -0.1) is 11.6 Å². The lowest BCUT2D eigenvalue weighted by molar-refractivity contribution is 0.0849. The van der Waals surface area contributed by atoms with Crippen LogP contribution in [0.2, 0.25) is 0 Å². The number of halogens is 2. The zero-order valence-corrected chi connectivity index (χ0v) is 11.7. The SMILES string of the molecule is O=C(c1ccc(F)cc1)C1COc2cc(O)ccc2C1Cl. The van der Waals surface area contributed by atoms with Crippen LogP contribution in [0, 0.1) is 11.7 Å². The number of carbonyl (C=O) groups excluding carboxylic acids is 1. The van der Waals surface area contributed by atoms with Crippen LogP contribution in [0.25, 0.3) is 0 Å². The van der Waals surface area contributed by atoms with E-state index in [2.05, 4.69) is 0 Å². The fraction of sp³-hybridized carbons (Fsp3) is 0.188. The standard InChI is InChI=1S/C16H12ClFO3/c17-15-12-6-5-11(19)7-14(12)21-8-13(15)16(20)9-1-3-10(18)4-2-9/h1-7,13,15,19H,8H2. The lowest BCUT2D eigenvalue weighted by Crippen LogP contribution is -2.30. The van der Waals surface area contributed by atoms with E-state index in [1.54, 1.807) is 6.07 Å². The van der Waals surface area contributed by atoms with E-state index in [9.17, 15) is 14.3 Å². The highest BCUT2D eigenvalue weighted by atomic mass is 35.5. The van der Waals surface area contributed by atoms with E-state index in [0.717, 1.165) is 0 Å². The summed E-state index contributed by atoms with van der Waals surface area (Å²) in [4.78, 5) is 12.5. The molecule has 1 heterocycles. The molecular weight excluding hydrogens is 295 g/mol. The monoisotopic (exact) mass is 306 g/mol. The number of alkyl halides is 1. The Kier molecular flexibility index (Phi) is 3.55. The Hall–Kier alpha value is -2.07. The molecule has 2 aromatic rings. The maximum atomic E-state index is 12.9. The van der Waals surface area contributed by atoms with Gasteiger partial charge in [-0.25, -0.2) is 4.39 Å². The van der Waals surface area contributed by atoms with E-state index in [-0.39, 0.29) is 18.1 Å². The molecule has 2 unspecified atom stereocenters. The molecule has 0 aromatic heterocycles. The van der Waals surface area contributed by atoms with Gasteiger partial charge in [-0.1, -0.05) is 6.07 Å². The molecule has 0 bridgehead atoms. The third-order valence-corrected chi connectivity index (χ3v) is 4.07. The molecule has 0 fully saturated rings. The van der Waals surface area contributed by atoms with Gasteiger partial charge in [0.15, 0.2) is 5.78 Å². The molecule has 0 saturated heterocycles. The number of aromatic hydroxyl groups is 1. The molecule has 0 spiro atoms. The maximum absolute atomic E-state index is 12.9. The number of benzene rings is 2. The van der Waals surface area contributed by atoms with Gasteiger partial charge in [0, 0.05) is 17.2 Å². The normalized spacial score (nSPS) is 20.5. The predicted octanol–water partition coefficient (Wildman–Crippen LogP) is 3.70. The van der Waals surface area contributed by atoms with E-state index in [4.69, 9.17) is 16.3 Å². The van der Waals surface area contributed by atoms with Crippen LogP contribution < -0.4 is 4.74 Å². The second-order valence-corrected chi connectivity index (χ2v) is 5.38. The van der Waals surface area contributed by atoms with Gasteiger partial charge < -0.3 is 9.84 Å². The van der Waals surface area contributed by atoms with Gasteiger partial charge in [-0.2, -0.15) is 0 Å². The molecule has 2 aromatic carbocycles. The number of ether oxygens (including phenoxy) is 1. The fourth-order valence-electron chi connectivity index (χ4n) is 2.39. The van der Waals surface area contributed by atoms with Crippen molar-refractivity contribution in [2.45, 2.75) is 5.38 Å². The average molecular weight is 307 g/mol. The summed E-state index contributed by atoms with van der Waals surface area (Å²) in [6, 6.07) is 9.98. The first-order chi connectivity index (χ1) is 10.1. The lowest BCUT2D eigenvalue weighted by Gasteiger charge is -2.29. The quantitative estimate of drug-likeness (QED) is 0.679. The first kappa shape index (κ1) is 13.9. The van der Waals surface area contributed by atoms with Gasteiger partial charge in [0.2, 0.25) is 0 Å². The molecule has 3 rings (SSSR count). The van der Waals surface area contributed by atoms with Crippen LogP contribution in [0.4, 0.5) is 4.39 Å². The summed E-state index contributed by atoms with van der Waals surface area (Å²) >= 11 is 6.39. The largest absolute Gasteiger partial charge is 0.508 e. The van der Waals surface area contributed by atoms with Crippen molar-refractivity contribution in [3.05, 3.63) is 59.4 Å². The second kappa shape index (κ2) is 5.37. The Morgan fingerprint density at radius 2 is 1.95 bits per heavy atom. The molecule has 0 aliphatic carbocycles. The first-order valence-corrected chi connectivity index (χ1v) is 6.89. The van der Waals surface area contributed by atoms with Crippen LogP contribution in [0.15, 0.2) is 42.5 Å².